The monoisotopic (exact) mass is 423 g/mol. The number of phenolic OH excluding ortho intramolecular Hbond substituents is 1. The molecule has 0 fully saturated rings. The molecule has 2 N–H and O–H groups in total. The van der Waals surface area contributed by atoms with E-state index in [1.807, 2.05) is 30.3 Å². The number of anilines is 1. The van der Waals surface area contributed by atoms with E-state index >= 15 is 0 Å². The molecule has 0 spiro atoms. The minimum Gasteiger partial charge on any atom is -0.506 e. The van der Waals surface area contributed by atoms with Crippen LogP contribution in [0.2, 0.25) is 0 Å². The number of amides is 1. The second-order valence-electron chi connectivity index (χ2n) is 5.90. The van der Waals surface area contributed by atoms with Crippen LogP contribution in [-0.2, 0) is 0 Å². The number of pyridine rings is 1. The predicted molar refractivity (Wildman–Crippen MR) is 105 cm³/mol. The Balaban J connectivity index is 1.70. The highest BCUT2D eigenvalue weighted by Gasteiger charge is 2.19. The Morgan fingerprint density at radius 1 is 1.19 bits per heavy atom. The maximum Gasteiger partial charge on any atom is 0.278 e. The Morgan fingerprint density at radius 3 is 2.85 bits per heavy atom. The number of rotatable bonds is 3. The van der Waals surface area contributed by atoms with Crippen molar-refractivity contribution in [3.05, 3.63) is 70.6 Å². The van der Waals surface area contributed by atoms with Crippen LogP contribution >= 0.6 is 15.9 Å². The average molecular weight is 424 g/mol. The molecule has 27 heavy (non-hydrogen) atoms. The lowest BCUT2D eigenvalue weighted by Crippen LogP contribution is -2.14. The van der Waals surface area contributed by atoms with Crippen LogP contribution in [0.25, 0.3) is 16.6 Å². The zero-order valence-electron chi connectivity index (χ0n) is 14.2. The number of carbonyl (C=O) groups is 1. The summed E-state index contributed by atoms with van der Waals surface area (Å²) in [6, 6.07) is 14.3. The summed E-state index contributed by atoms with van der Waals surface area (Å²) in [4.78, 5) is 17.0. The molecule has 0 unspecified atom stereocenters. The van der Waals surface area contributed by atoms with Gasteiger partial charge in [-0.25, -0.2) is 4.68 Å². The molecule has 0 bridgehead atoms. The summed E-state index contributed by atoms with van der Waals surface area (Å²) in [5, 5.41) is 21.7. The van der Waals surface area contributed by atoms with Crippen molar-refractivity contribution >= 4 is 38.4 Å². The van der Waals surface area contributed by atoms with Crippen LogP contribution in [0, 0.1) is 6.92 Å². The van der Waals surface area contributed by atoms with E-state index in [1.54, 1.807) is 29.9 Å². The van der Waals surface area contributed by atoms with Crippen LogP contribution in [-0.4, -0.2) is 31.0 Å². The molecule has 1 amide bonds. The fraction of sp³-hybridized carbons (Fsp3) is 0.0526. The SMILES string of the molecule is Cc1c(C(=O)Nc2ccc(Br)cc2O)nnn1-c1cccc2ncccc12. The zero-order valence-corrected chi connectivity index (χ0v) is 15.8. The van der Waals surface area contributed by atoms with Crippen molar-refractivity contribution in [1.82, 2.24) is 20.0 Å². The van der Waals surface area contributed by atoms with Crippen LogP contribution in [0.3, 0.4) is 0 Å². The van der Waals surface area contributed by atoms with Gasteiger partial charge in [0.05, 0.1) is 22.6 Å². The highest BCUT2D eigenvalue weighted by atomic mass is 79.9. The van der Waals surface area contributed by atoms with Crippen LogP contribution < -0.4 is 5.32 Å². The lowest BCUT2D eigenvalue weighted by atomic mass is 10.2. The largest absolute Gasteiger partial charge is 0.506 e. The third-order valence-electron chi connectivity index (χ3n) is 4.17. The Kier molecular flexibility index (Phi) is 4.33. The van der Waals surface area contributed by atoms with Crippen LogP contribution in [0.1, 0.15) is 16.2 Å². The number of phenols is 1. The number of carbonyl (C=O) groups excluding carboxylic acids is 1. The van der Waals surface area contributed by atoms with Crippen molar-refractivity contribution in [1.29, 1.82) is 0 Å². The average Bonchev–Trinajstić information content (AvgIpc) is 3.05. The molecule has 2 aromatic heterocycles. The first-order valence-electron chi connectivity index (χ1n) is 8.11. The predicted octanol–water partition coefficient (Wildman–Crippen LogP) is 3.84. The van der Waals surface area contributed by atoms with Gasteiger partial charge in [-0.1, -0.05) is 27.2 Å². The molecule has 134 valence electrons. The number of aromatic nitrogens is 4. The van der Waals surface area contributed by atoms with E-state index in [0.29, 0.717) is 15.9 Å². The maximum absolute atomic E-state index is 12.6. The Labute approximate surface area is 162 Å². The van der Waals surface area contributed by atoms with Gasteiger partial charge in [0.1, 0.15) is 5.75 Å². The lowest BCUT2D eigenvalue weighted by molar-refractivity contribution is 0.102. The van der Waals surface area contributed by atoms with E-state index in [4.69, 9.17) is 0 Å². The van der Waals surface area contributed by atoms with Crippen molar-refractivity contribution in [3.8, 4) is 11.4 Å². The second kappa shape index (κ2) is 6.81. The summed E-state index contributed by atoms with van der Waals surface area (Å²) < 4.78 is 2.32. The van der Waals surface area contributed by atoms with Crippen LogP contribution in [0.5, 0.6) is 5.75 Å². The van der Waals surface area contributed by atoms with Gasteiger partial charge in [0.2, 0.25) is 0 Å². The minimum atomic E-state index is -0.449. The molecule has 4 aromatic rings. The van der Waals surface area contributed by atoms with Gasteiger partial charge in [0.15, 0.2) is 5.69 Å². The molecular weight excluding hydrogens is 410 g/mol. The van der Waals surface area contributed by atoms with E-state index in [2.05, 4.69) is 36.5 Å². The highest BCUT2D eigenvalue weighted by molar-refractivity contribution is 9.10. The van der Waals surface area contributed by atoms with Gasteiger partial charge in [-0.15, -0.1) is 5.10 Å². The number of hydrogen-bond acceptors (Lipinski definition) is 5. The summed E-state index contributed by atoms with van der Waals surface area (Å²) in [5.41, 5.74) is 2.68. The first kappa shape index (κ1) is 17.2. The molecule has 0 atom stereocenters. The number of benzene rings is 2. The fourth-order valence-corrected chi connectivity index (χ4v) is 3.18. The van der Waals surface area contributed by atoms with E-state index in [1.165, 1.54) is 6.07 Å². The molecule has 0 radical (unpaired) electrons. The smallest absolute Gasteiger partial charge is 0.278 e. The van der Waals surface area contributed by atoms with Gasteiger partial charge in [-0.2, -0.15) is 0 Å². The maximum atomic E-state index is 12.6. The number of fused-ring (bicyclic) bond motifs is 1. The van der Waals surface area contributed by atoms with E-state index < -0.39 is 5.91 Å². The second-order valence-corrected chi connectivity index (χ2v) is 6.81. The molecule has 7 nitrogen and oxygen atoms in total. The summed E-state index contributed by atoms with van der Waals surface area (Å²) in [5.74, 6) is -0.488. The van der Waals surface area contributed by atoms with Crippen molar-refractivity contribution in [2.75, 3.05) is 5.32 Å². The number of nitrogens with zero attached hydrogens (tertiary/aromatic N) is 4. The number of nitrogens with one attached hydrogen (secondary N) is 1. The van der Waals surface area contributed by atoms with Crippen LogP contribution in [0.15, 0.2) is 59.2 Å². The summed E-state index contributed by atoms with van der Waals surface area (Å²) >= 11 is 3.26. The molecule has 0 aliphatic carbocycles. The number of aromatic hydroxyl groups is 1. The van der Waals surface area contributed by atoms with Gasteiger partial charge in [-0.3, -0.25) is 9.78 Å². The quantitative estimate of drug-likeness (QED) is 0.488. The number of hydrogen-bond donors (Lipinski definition) is 2. The Bertz CT molecular complexity index is 1170. The molecule has 0 saturated carbocycles. The van der Waals surface area contributed by atoms with Crippen LogP contribution in [0.4, 0.5) is 5.69 Å². The molecule has 2 heterocycles. The molecule has 0 aliphatic heterocycles. The zero-order chi connectivity index (χ0) is 19.0. The van der Waals surface area contributed by atoms with E-state index in [9.17, 15) is 9.90 Å². The molecule has 0 aliphatic rings. The van der Waals surface area contributed by atoms with Gasteiger partial charge in [-0.05, 0) is 49.4 Å². The van der Waals surface area contributed by atoms with Gasteiger partial charge in [0, 0.05) is 16.1 Å². The van der Waals surface area contributed by atoms with Crippen molar-refractivity contribution in [3.63, 3.8) is 0 Å². The van der Waals surface area contributed by atoms with Crippen molar-refractivity contribution < 1.29 is 9.90 Å². The Hall–Kier alpha value is -3.26. The molecule has 8 heteroatoms. The topological polar surface area (TPSA) is 92.9 Å². The van der Waals surface area contributed by atoms with Gasteiger partial charge < -0.3 is 10.4 Å². The van der Waals surface area contributed by atoms with Gasteiger partial charge in [0.25, 0.3) is 5.91 Å². The molecule has 0 saturated heterocycles. The highest BCUT2D eigenvalue weighted by Crippen LogP contribution is 2.28. The van der Waals surface area contributed by atoms with Crippen molar-refractivity contribution in [2.24, 2.45) is 0 Å². The fourth-order valence-electron chi connectivity index (χ4n) is 2.83. The lowest BCUT2D eigenvalue weighted by Gasteiger charge is -2.08. The van der Waals surface area contributed by atoms with E-state index in [0.717, 1.165) is 16.6 Å². The molecular formula is C19H14BrN5O2. The normalized spacial score (nSPS) is 10.9. The Morgan fingerprint density at radius 2 is 2.04 bits per heavy atom. The summed E-state index contributed by atoms with van der Waals surface area (Å²) in [6.07, 6.45) is 1.73. The molecule has 2 aromatic carbocycles. The number of halogens is 1. The van der Waals surface area contributed by atoms with Gasteiger partial charge >= 0.3 is 0 Å². The minimum absolute atomic E-state index is 0.0390. The van der Waals surface area contributed by atoms with E-state index in [-0.39, 0.29) is 11.4 Å². The summed E-state index contributed by atoms with van der Waals surface area (Å²) in [6.45, 7) is 1.77. The third-order valence-corrected chi connectivity index (χ3v) is 4.66. The van der Waals surface area contributed by atoms with Crippen molar-refractivity contribution in [2.45, 2.75) is 6.92 Å². The standard InChI is InChI=1S/C19H14BrN5O2/c1-11-18(19(27)22-15-8-7-12(20)10-17(15)26)23-24-25(11)16-6-2-5-14-13(16)4-3-9-21-14/h2-10,26H,1H3,(H,22,27). The summed E-state index contributed by atoms with van der Waals surface area (Å²) in [7, 11) is 0. The first-order chi connectivity index (χ1) is 13.0. The molecule has 4 rings (SSSR count). The third kappa shape index (κ3) is 3.15. The first-order valence-corrected chi connectivity index (χ1v) is 8.90.